The molecule has 0 aliphatic carbocycles. The van der Waals surface area contributed by atoms with Crippen LogP contribution in [0.4, 0.5) is 0 Å². The van der Waals surface area contributed by atoms with Gasteiger partial charge in [0.2, 0.25) is 0 Å². The number of Topliss-reactive ketones (excluding diaryl/α,β-unsaturated/α-hetero) is 1. The quantitative estimate of drug-likeness (QED) is 0.629. The molecule has 108 valence electrons. The Morgan fingerprint density at radius 1 is 1.38 bits per heavy atom. The molecule has 0 spiro atoms. The number of hydrogen-bond acceptors (Lipinski definition) is 4. The van der Waals surface area contributed by atoms with Gasteiger partial charge in [-0.2, -0.15) is 5.10 Å². The third kappa shape index (κ3) is 2.03. The van der Waals surface area contributed by atoms with Crippen LogP contribution < -0.4 is 0 Å². The molecular formula is C14H13ClN4O2. The van der Waals surface area contributed by atoms with Gasteiger partial charge in [0.15, 0.2) is 17.3 Å². The van der Waals surface area contributed by atoms with Gasteiger partial charge in [0.25, 0.3) is 5.91 Å². The molecule has 0 saturated carbocycles. The summed E-state index contributed by atoms with van der Waals surface area (Å²) in [6, 6.07) is 3.18. The van der Waals surface area contributed by atoms with Crippen molar-refractivity contribution < 1.29 is 9.59 Å². The van der Waals surface area contributed by atoms with Crippen molar-refractivity contribution in [3.05, 3.63) is 39.8 Å². The lowest BCUT2D eigenvalue weighted by Gasteiger charge is -2.11. The molecule has 3 heterocycles. The average molecular weight is 305 g/mol. The van der Waals surface area contributed by atoms with E-state index in [1.54, 1.807) is 24.1 Å². The molecule has 0 radical (unpaired) electrons. The number of fused-ring (bicyclic) bond motifs is 1. The second-order valence-corrected chi connectivity index (χ2v) is 5.43. The van der Waals surface area contributed by atoms with E-state index >= 15 is 0 Å². The second kappa shape index (κ2) is 4.66. The largest absolute Gasteiger partial charge is 0.336 e. The van der Waals surface area contributed by atoms with Gasteiger partial charge in [-0.25, -0.2) is 9.67 Å². The van der Waals surface area contributed by atoms with Crippen molar-refractivity contribution >= 4 is 23.3 Å². The summed E-state index contributed by atoms with van der Waals surface area (Å²) in [6.45, 7) is 3.82. The predicted octanol–water partition coefficient (Wildman–Crippen LogP) is 2.02. The van der Waals surface area contributed by atoms with Gasteiger partial charge >= 0.3 is 0 Å². The molecule has 1 aliphatic heterocycles. The number of halogens is 1. The number of aromatic nitrogens is 3. The maximum atomic E-state index is 12.0. The third-order valence-electron chi connectivity index (χ3n) is 3.61. The SMILES string of the molecule is CC(=O)c1ccc(Cl)nc1-n1nc2c(c1C)CN(C)C2=O. The first-order valence-electron chi connectivity index (χ1n) is 6.42. The molecule has 0 atom stereocenters. The van der Waals surface area contributed by atoms with Crippen LogP contribution in [0.1, 0.15) is 39.0 Å². The number of rotatable bonds is 2. The minimum absolute atomic E-state index is 0.127. The summed E-state index contributed by atoms with van der Waals surface area (Å²) in [4.78, 5) is 29.6. The van der Waals surface area contributed by atoms with Crippen molar-refractivity contribution in [1.29, 1.82) is 0 Å². The van der Waals surface area contributed by atoms with E-state index in [2.05, 4.69) is 10.1 Å². The lowest BCUT2D eigenvalue weighted by atomic mass is 10.2. The van der Waals surface area contributed by atoms with Crippen molar-refractivity contribution in [2.45, 2.75) is 20.4 Å². The van der Waals surface area contributed by atoms with Crippen molar-refractivity contribution in [1.82, 2.24) is 19.7 Å². The predicted molar refractivity (Wildman–Crippen MR) is 76.9 cm³/mol. The van der Waals surface area contributed by atoms with Crippen LogP contribution in [0.25, 0.3) is 5.82 Å². The number of hydrogen-bond donors (Lipinski definition) is 0. The molecule has 7 heteroatoms. The summed E-state index contributed by atoms with van der Waals surface area (Å²) in [5, 5.41) is 4.60. The Kier molecular flexibility index (Phi) is 3.06. The lowest BCUT2D eigenvalue weighted by Crippen LogP contribution is -2.20. The van der Waals surface area contributed by atoms with Gasteiger partial charge in [0, 0.05) is 24.8 Å². The summed E-state index contributed by atoms with van der Waals surface area (Å²) >= 11 is 5.93. The first-order chi connectivity index (χ1) is 9.90. The van der Waals surface area contributed by atoms with Gasteiger partial charge in [-0.15, -0.1) is 0 Å². The van der Waals surface area contributed by atoms with Crippen molar-refractivity contribution in [3.63, 3.8) is 0 Å². The van der Waals surface area contributed by atoms with Crippen LogP contribution in [0.3, 0.4) is 0 Å². The Labute approximate surface area is 126 Å². The molecule has 0 fully saturated rings. The molecule has 2 aromatic rings. The van der Waals surface area contributed by atoms with Gasteiger partial charge in [0.05, 0.1) is 5.56 Å². The summed E-state index contributed by atoms with van der Waals surface area (Å²) in [6.07, 6.45) is 0. The van der Waals surface area contributed by atoms with Gasteiger partial charge in [-0.1, -0.05) is 11.6 Å². The highest BCUT2D eigenvalue weighted by Gasteiger charge is 2.32. The molecule has 1 amide bonds. The van der Waals surface area contributed by atoms with E-state index in [4.69, 9.17) is 11.6 Å². The number of ketones is 1. The van der Waals surface area contributed by atoms with E-state index in [9.17, 15) is 9.59 Å². The second-order valence-electron chi connectivity index (χ2n) is 5.05. The van der Waals surface area contributed by atoms with Crippen LogP contribution in [0, 0.1) is 6.92 Å². The maximum absolute atomic E-state index is 12.0. The molecular weight excluding hydrogens is 292 g/mol. The molecule has 2 aromatic heterocycles. The molecule has 21 heavy (non-hydrogen) atoms. The highest BCUT2D eigenvalue weighted by molar-refractivity contribution is 6.29. The fraction of sp³-hybridized carbons (Fsp3) is 0.286. The molecule has 0 aromatic carbocycles. The van der Waals surface area contributed by atoms with Crippen LogP contribution in [0.2, 0.25) is 5.15 Å². The smallest absolute Gasteiger partial charge is 0.274 e. The Hall–Kier alpha value is -2.21. The summed E-state index contributed by atoms with van der Waals surface area (Å²) in [5.41, 5.74) is 2.48. The van der Waals surface area contributed by atoms with Gasteiger partial charge < -0.3 is 4.90 Å². The van der Waals surface area contributed by atoms with E-state index in [-0.39, 0.29) is 16.8 Å². The van der Waals surface area contributed by atoms with Crippen molar-refractivity contribution in [2.75, 3.05) is 7.05 Å². The molecule has 6 nitrogen and oxygen atoms in total. The zero-order chi connectivity index (χ0) is 15.3. The Bertz CT molecular complexity index is 782. The first-order valence-corrected chi connectivity index (χ1v) is 6.79. The van der Waals surface area contributed by atoms with Crippen LogP contribution >= 0.6 is 11.6 Å². The lowest BCUT2D eigenvalue weighted by molar-refractivity contribution is 0.0809. The molecule has 0 unspecified atom stereocenters. The first kappa shape index (κ1) is 13.8. The monoisotopic (exact) mass is 304 g/mol. The maximum Gasteiger partial charge on any atom is 0.274 e. The Morgan fingerprint density at radius 2 is 2.10 bits per heavy atom. The van der Waals surface area contributed by atoms with E-state index in [0.29, 0.717) is 23.6 Å². The van der Waals surface area contributed by atoms with Gasteiger partial charge in [-0.3, -0.25) is 9.59 Å². The minimum Gasteiger partial charge on any atom is -0.336 e. The number of carbonyl (C=O) groups excluding carboxylic acids is 2. The Morgan fingerprint density at radius 3 is 2.71 bits per heavy atom. The zero-order valence-electron chi connectivity index (χ0n) is 11.8. The minimum atomic E-state index is -0.132. The van der Waals surface area contributed by atoms with Crippen LogP contribution in [-0.4, -0.2) is 38.4 Å². The van der Waals surface area contributed by atoms with Gasteiger partial charge in [0.1, 0.15) is 5.15 Å². The van der Waals surface area contributed by atoms with Crippen molar-refractivity contribution in [2.24, 2.45) is 0 Å². The molecule has 0 N–H and O–H groups in total. The highest BCUT2D eigenvalue weighted by Crippen LogP contribution is 2.27. The summed E-state index contributed by atoms with van der Waals surface area (Å²) in [5.74, 6) is 0.100. The summed E-state index contributed by atoms with van der Waals surface area (Å²) in [7, 11) is 1.73. The standard InChI is InChI=1S/C14H13ClN4O2/c1-7-10-6-18(3)14(21)12(10)17-19(7)13-9(8(2)20)4-5-11(15)16-13/h4-5H,6H2,1-3H3. The van der Waals surface area contributed by atoms with Crippen molar-refractivity contribution in [3.8, 4) is 5.82 Å². The molecule has 0 saturated heterocycles. The average Bonchev–Trinajstić information content (AvgIpc) is 2.88. The fourth-order valence-electron chi connectivity index (χ4n) is 2.45. The van der Waals surface area contributed by atoms with E-state index in [0.717, 1.165) is 11.3 Å². The topological polar surface area (TPSA) is 68.1 Å². The number of amides is 1. The highest BCUT2D eigenvalue weighted by atomic mass is 35.5. The van der Waals surface area contributed by atoms with Gasteiger partial charge in [-0.05, 0) is 26.0 Å². The normalized spacial score (nSPS) is 13.7. The van der Waals surface area contributed by atoms with Crippen LogP contribution in [0.15, 0.2) is 12.1 Å². The van der Waals surface area contributed by atoms with E-state index < -0.39 is 0 Å². The zero-order valence-corrected chi connectivity index (χ0v) is 12.6. The van der Waals surface area contributed by atoms with E-state index in [1.807, 2.05) is 6.92 Å². The molecule has 0 bridgehead atoms. The van der Waals surface area contributed by atoms with Crippen LogP contribution in [0.5, 0.6) is 0 Å². The number of nitrogens with zero attached hydrogens (tertiary/aromatic N) is 4. The number of carbonyl (C=O) groups is 2. The molecule has 1 aliphatic rings. The third-order valence-corrected chi connectivity index (χ3v) is 3.82. The fourth-order valence-corrected chi connectivity index (χ4v) is 2.60. The molecule has 3 rings (SSSR count). The van der Waals surface area contributed by atoms with Crippen LogP contribution in [-0.2, 0) is 6.54 Å². The van der Waals surface area contributed by atoms with E-state index in [1.165, 1.54) is 11.6 Å². The summed E-state index contributed by atoms with van der Waals surface area (Å²) < 4.78 is 1.53. The number of pyridine rings is 1. The Balaban J connectivity index is 2.22.